The van der Waals surface area contributed by atoms with E-state index in [9.17, 15) is 0 Å². The Morgan fingerprint density at radius 3 is 1.74 bits per heavy atom. The molecule has 0 unspecified atom stereocenters. The Hall–Kier alpha value is -1.96. The van der Waals surface area contributed by atoms with Crippen LogP contribution in [0, 0.1) is 20.8 Å². The van der Waals surface area contributed by atoms with Gasteiger partial charge in [0, 0.05) is 0 Å². The van der Waals surface area contributed by atoms with E-state index in [4.69, 9.17) is 9.47 Å². The van der Waals surface area contributed by atoms with Gasteiger partial charge in [-0.05, 0) is 56.2 Å². The third-order valence-electron chi connectivity index (χ3n) is 2.84. The van der Waals surface area contributed by atoms with Crippen molar-refractivity contribution in [3.05, 3.63) is 59.2 Å². The molecule has 2 rings (SSSR count). The zero-order valence-corrected chi connectivity index (χ0v) is 11.8. The molecule has 0 fully saturated rings. The molecule has 0 N–H and O–H groups in total. The molecule has 100 valence electrons. The van der Waals surface area contributed by atoms with Gasteiger partial charge < -0.3 is 9.47 Å². The van der Waals surface area contributed by atoms with Crippen LogP contribution in [0.2, 0.25) is 0 Å². The van der Waals surface area contributed by atoms with Crippen LogP contribution in [-0.4, -0.2) is 13.2 Å². The zero-order chi connectivity index (χ0) is 13.7. The van der Waals surface area contributed by atoms with Crippen LogP contribution >= 0.6 is 0 Å². The quantitative estimate of drug-likeness (QED) is 0.751. The van der Waals surface area contributed by atoms with Crippen molar-refractivity contribution in [3.8, 4) is 11.5 Å². The summed E-state index contributed by atoms with van der Waals surface area (Å²) in [6.07, 6.45) is 0. The highest BCUT2D eigenvalue weighted by Crippen LogP contribution is 2.16. The van der Waals surface area contributed by atoms with Gasteiger partial charge in [-0.1, -0.05) is 23.8 Å². The second kappa shape index (κ2) is 6.28. The van der Waals surface area contributed by atoms with Crippen LogP contribution in [0.25, 0.3) is 0 Å². The van der Waals surface area contributed by atoms with Gasteiger partial charge in [0.1, 0.15) is 24.7 Å². The van der Waals surface area contributed by atoms with Gasteiger partial charge in [-0.2, -0.15) is 0 Å². The van der Waals surface area contributed by atoms with Crippen molar-refractivity contribution in [2.24, 2.45) is 0 Å². The summed E-state index contributed by atoms with van der Waals surface area (Å²) in [7, 11) is 0. The maximum Gasteiger partial charge on any atom is 0.122 e. The highest BCUT2D eigenvalue weighted by atomic mass is 16.5. The van der Waals surface area contributed by atoms with Gasteiger partial charge >= 0.3 is 0 Å². The van der Waals surface area contributed by atoms with Gasteiger partial charge in [-0.25, -0.2) is 0 Å². The number of ether oxygens (including phenoxy) is 2. The molecule has 0 radical (unpaired) electrons. The maximum absolute atomic E-state index is 5.69. The molecule has 2 aromatic rings. The van der Waals surface area contributed by atoms with Crippen molar-refractivity contribution >= 4 is 0 Å². The maximum atomic E-state index is 5.69. The van der Waals surface area contributed by atoms with E-state index in [0.717, 1.165) is 11.5 Å². The summed E-state index contributed by atoms with van der Waals surface area (Å²) in [6, 6.07) is 14.3. The van der Waals surface area contributed by atoms with E-state index in [1.165, 1.54) is 16.7 Å². The summed E-state index contributed by atoms with van der Waals surface area (Å²) in [5, 5.41) is 0. The second-order valence-electron chi connectivity index (χ2n) is 4.83. The molecule has 0 aliphatic rings. The topological polar surface area (TPSA) is 18.5 Å². The minimum Gasteiger partial charge on any atom is -0.490 e. The first kappa shape index (κ1) is 13.5. The lowest BCUT2D eigenvalue weighted by Crippen LogP contribution is -2.09. The number of hydrogen-bond donors (Lipinski definition) is 0. The smallest absolute Gasteiger partial charge is 0.122 e. The van der Waals surface area contributed by atoms with Crippen LogP contribution in [0.4, 0.5) is 0 Å². The largest absolute Gasteiger partial charge is 0.490 e. The van der Waals surface area contributed by atoms with Gasteiger partial charge in [0.15, 0.2) is 0 Å². The summed E-state index contributed by atoms with van der Waals surface area (Å²) >= 11 is 0. The molecule has 0 spiro atoms. The molecule has 0 bridgehead atoms. The molecule has 0 saturated heterocycles. The van der Waals surface area contributed by atoms with Crippen LogP contribution in [0.15, 0.2) is 42.5 Å². The predicted molar refractivity (Wildman–Crippen MR) is 78.1 cm³/mol. The van der Waals surface area contributed by atoms with Gasteiger partial charge in [-0.15, -0.1) is 0 Å². The number of aryl methyl sites for hydroxylation is 3. The molecule has 0 saturated carbocycles. The van der Waals surface area contributed by atoms with Gasteiger partial charge in [0.25, 0.3) is 0 Å². The molecule has 0 aromatic heterocycles. The first-order valence-corrected chi connectivity index (χ1v) is 6.54. The van der Waals surface area contributed by atoms with E-state index in [1.54, 1.807) is 0 Å². The zero-order valence-electron chi connectivity index (χ0n) is 11.8. The molecular formula is C17H20O2. The lowest BCUT2D eigenvalue weighted by molar-refractivity contribution is 0.217. The normalized spacial score (nSPS) is 10.3. The summed E-state index contributed by atoms with van der Waals surface area (Å²) in [5.74, 6) is 1.79. The summed E-state index contributed by atoms with van der Waals surface area (Å²) in [5.41, 5.74) is 3.67. The van der Waals surface area contributed by atoms with E-state index in [2.05, 4.69) is 26.8 Å². The Morgan fingerprint density at radius 2 is 1.16 bits per heavy atom. The Bertz CT molecular complexity index is 509. The standard InChI is InChI=1S/C17H20O2/c1-13-4-6-16(7-5-13)18-8-9-19-17-11-14(2)10-15(3)12-17/h4-7,10-12H,8-9H2,1-3H3. The molecule has 0 aliphatic carbocycles. The van der Waals surface area contributed by atoms with Crippen molar-refractivity contribution in [2.75, 3.05) is 13.2 Å². The fourth-order valence-corrected chi connectivity index (χ4v) is 1.97. The van der Waals surface area contributed by atoms with Crippen LogP contribution in [0.5, 0.6) is 11.5 Å². The molecule has 2 aromatic carbocycles. The summed E-state index contributed by atoms with van der Waals surface area (Å²) in [4.78, 5) is 0. The van der Waals surface area contributed by atoms with Crippen molar-refractivity contribution in [1.29, 1.82) is 0 Å². The monoisotopic (exact) mass is 256 g/mol. The van der Waals surface area contributed by atoms with E-state index in [-0.39, 0.29) is 0 Å². The highest BCUT2D eigenvalue weighted by Gasteiger charge is 1.98. The molecule has 2 nitrogen and oxygen atoms in total. The molecule has 0 amide bonds. The molecule has 0 aliphatic heterocycles. The van der Waals surface area contributed by atoms with Crippen molar-refractivity contribution in [2.45, 2.75) is 20.8 Å². The molecule has 19 heavy (non-hydrogen) atoms. The second-order valence-corrected chi connectivity index (χ2v) is 4.83. The molecular weight excluding hydrogens is 236 g/mol. The molecule has 0 atom stereocenters. The van der Waals surface area contributed by atoms with Crippen LogP contribution in [-0.2, 0) is 0 Å². The van der Waals surface area contributed by atoms with E-state index >= 15 is 0 Å². The first-order chi connectivity index (χ1) is 9.13. The lowest BCUT2D eigenvalue weighted by Gasteiger charge is -2.09. The lowest BCUT2D eigenvalue weighted by atomic mass is 10.1. The Morgan fingerprint density at radius 1 is 0.632 bits per heavy atom. The number of benzene rings is 2. The minimum absolute atomic E-state index is 0.552. The van der Waals surface area contributed by atoms with Gasteiger partial charge in [0.2, 0.25) is 0 Å². The van der Waals surface area contributed by atoms with Crippen LogP contribution < -0.4 is 9.47 Å². The number of rotatable bonds is 5. The van der Waals surface area contributed by atoms with Crippen molar-refractivity contribution in [3.63, 3.8) is 0 Å². The number of hydrogen-bond acceptors (Lipinski definition) is 2. The SMILES string of the molecule is Cc1ccc(OCCOc2cc(C)cc(C)c2)cc1. The Balaban J connectivity index is 1.79. The van der Waals surface area contributed by atoms with Gasteiger partial charge in [-0.3, -0.25) is 0 Å². The Kier molecular flexibility index (Phi) is 4.45. The van der Waals surface area contributed by atoms with E-state index < -0.39 is 0 Å². The van der Waals surface area contributed by atoms with E-state index in [1.807, 2.05) is 36.4 Å². The van der Waals surface area contributed by atoms with Crippen LogP contribution in [0.3, 0.4) is 0 Å². The fraction of sp³-hybridized carbons (Fsp3) is 0.294. The average molecular weight is 256 g/mol. The average Bonchev–Trinajstić information content (AvgIpc) is 2.36. The third-order valence-corrected chi connectivity index (χ3v) is 2.84. The molecule has 0 heterocycles. The summed E-state index contributed by atoms with van der Waals surface area (Å²) in [6.45, 7) is 7.31. The Labute approximate surface area is 115 Å². The van der Waals surface area contributed by atoms with Crippen LogP contribution in [0.1, 0.15) is 16.7 Å². The highest BCUT2D eigenvalue weighted by molar-refractivity contribution is 5.33. The fourth-order valence-electron chi connectivity index (χ4n) is 1.97. The van der Waals surface area contributed by atoms with Gasteiger partial charge in [0.05, 0.1) is 0 Å². The van der Waals surface area contributed by atoms with Crippen molar-refractivity contribution in [1.82, 2.24) is 0 Å². The summed E-state index contributed by atoms with van der Waals surface area (Å²) < 4.78 is 11.3. The van der Waals surface area contributed by atoms with E-state index in [0.29, 0.717) is 13.2 Å². The minimum atomic E-state index is 0.552. The predicted octanol–water partition coefficient (Wildman–Crippen LogP) is 4.07. The third kappa shape index (κ3) is 4.32. The first-order valence-electron chi connectivity index (χ1n) is 6.54. The van der Waals surface area contributed by atoms with Crippen molar-refractivity contribution < 1.29 is 9.47 Å². The molecule has 2 heteroatoms.